The predicted molar refractivity (Wildman–Crippen MR) is 62.9 cm³/mol. The molecule has 0 saturated carbocycles. The minimum absolute atomic E-state index is 0.106. The van der Waals surface area contributed by atoms with Crippen LogP contribution in [0.15, 0.2) is 18.3 Å². The van der Waals surface area contributed by atoms with Gasteiger partial charge < -0.3 is 20.8 Å². The molecule has 0 aliphatic rings. The summed E-state index contributed by atoms with van der Waals surface area (Å²) in [4.78, 5) is 17.2. The van der Waals surface area contributed by atoms with E-state index in [2.05, 4.69) is 9.97 Å². The Morgan fingerprint density at radius 1 is 1.50 bits per heavy atom. The fourth-order valence-electron chi connectivity index (χ4n) is 1.14. The summed E-state index contributed by atoms with van der Waals surface area (Å²) in [6.45, 7) is 0. The molecule has 0 atom stereocenters. The summed E-state index contributed by atoms with van der Waals surface area (Å²) in [5.41, 5.74) is 6.34. The normalized spacial score (nSPS) is 11.0. The number of nitrogens with two attached hydrogens (primary N) is 1. The van der Waals surface area contributed by atoms with Gasteiger partial charge in [0.05, 0.1) is 4.88 Å². The first-order valence-corrected chi connectivity index (χ1v) is 5.19. The SMILES string of the molecule is Nc1ccc(/C=C/c2cnc([N+](=O)[O-])s2)[nH]1. The molecule has 2 aromatic heterocycles. The van der Waals surface area contributed by atoms with E-state index in [-0.39, 0.29) is 5.13 Å². The van der Waals surface area contributed by atoms with Gasteiger partial charge in [-0.25, -0.2) is 0 Å². The van der Waals surface area contributed by atoms with Crippen molar-refractivity contribution in [3.8, 4) is 0 Å². The summed E-state index contributed by atoms with van der Waals surface area (Å²) >= 11 is 1.02. The first kappa shape index (κ1) is 10.4. The van der Waals surface area contributed by atoms with Crippen LogP contribution < -0.4 is 5.73 Å². The Morgan fingerprint density at radius 3 is 2.88 bits per heavy atom. The smallest absolute Gasteiger partial charge is 0.385 e. The van der Waals surface area contributed by atoms with E-state index in [0.717, 1.165) is 21.9 Å². The van der Waals surface area contributed by atoms with Crippen molar-refractivity contribution >= 4 is 34.4 Å². The molecular formula is C9H8N4O2S. The number of aromatic amines is 1. The molecule has 0 bridgehead atoms. The summed E-state index contributed by atoms with van der Waals surface area (Å²) in [5.74, 6) is 0.579. The standard InChI is InChI=1S/C9H8N4O2S/c10-8-4-2-6(12-8)1-3-7-5-11-9(16-7)13(14)15/h1-5,12H,10H2/b3-1+. The van der Waals surface area contributed by atoms with Crippen LogP contribution >= 0.6 is 11.3 Å². The highest BCUT2D eigenvalue weighted by atomic mass is 32.1. The number of anilines is 1. The van der Waals surface area contributed by atoms with Crippen molar-refractivity contribution in [3.05, 3.63) is 39.0 Å². The van der Waals surface area contributed by atoms with Crippen LogP contribution in [0.2, 0.25) is 0 Å². The highest BCUT2D eigenvalue weighted by molar-refractivity contribution is 7.15. The highest BCUT2D eigenvalue weighted by Gasteiger charge is 2.10. The molecule has 16 heavy (non-hydrogen) atoms. The number of rotatable bonds is 3. The zero-order valence-corrected chi connectivity index (χ0v) is 8.90. The molecule has 0 unspecified atom stereocenters. The number of aromatic nitrogens is 2. The molecule has 6 nitrogen and oxygen atoms in total. The zero-order valence-electron chi connectivity index (χ0n) is 8.08. The van der Waals surface area contributed by atoms with Gasteiger partial charge in [-0.15, -0.1) is 0 Å². The fourth-order valence-corrected chi connectivity index (χ4v) is 1.77. The number of nitrogens with zero attached hydrogens (tertiary/aromatic N) is 2. The van der Waals surface area contributed by atoms with E-state index >= 15 is 0 Å². The van der Waals surface area contributed by atoms with E-state index in [1.54, 1.807) is 18.2 Å². The lowest BCUT2D eigenvalue weighted by molar-refractivity contribution is -0.384. The highest BCUT2D eigenvalue weighted by Crippen LogP contribution is 2.21. The van der Waals surface area contributed by atoms with Crippen LogP contribution in [0.3, 0.4) is 0 Å². The lowest BCUT2D eigenvalue weighted by Crippen LogP contribution is -1.83. The minimum Gasteiger partial charge on any atom is -0.385 e. The van der Waals surface area contributed by atoms with Crippen molar-refractivity contribution in [2.24, 2.45) is 0 Å². The van der Waals surface area contributed by atoms with Crippen molar-refractivity contribution in [2.75, 3.05) is 5.73 Å². The van der Waals surface area contributed by atoms with Gasteiger partial charge in [-0.1, -0.05) is 0 Å². The van der Waals surface area contributed by atoms with E-state index < -0.39 is 4.92 Å². The molecular weight excluding hydrogens is 228 g/mol. The van der Waals surface area contributed by atoms with Crippen LogP contribution in [-0.2, 0) is 0 Å². The quantitative estimate of drug-likeness (QED) is 0.630. The molecule has 3 N–H and O–H groups in total. The molecule has 7 heteroatoms. The average Bonchev–Trinajstić information content (AvgIpc) is 2.83. The van der Waals surface area contributed by atoms with Crippen LogP contribution in [0.25, 0.3) is 12.2 Å². The second-order valence-electron chi connectivity index (χ2n) is 3.00. The fraction of sp³-hybridized carbons (Fsp3) is 0. The molecule has 0 radical (unpaired) electrons. The predicted octanol–water partition coefficient (Wildman–Crippen LogP) is 2.13. The molecule has 0 fully saturated rings. The topological polar surface area (TPSA) is 97.8 Å². The number of hydrogen-bond acceptors (Lipinski definition) is 5. The van der Waals surface area contributed by atoms with Crippen LogP contribution in [0.5, 0.6) is 0 Å². The summed E-state index contributed by atoms with van der Waals surface area (Å²) in [6.07, 6.45) is 5.00. The molecule has 0 amide bonds. The van der Waals surface area contributed by atoms with Crippen LogP contribution in [-0.4, -0.2) is 14.9 Å². The van der Waals surface area contributed by atoms with Gasteiger partial charge in [0.2, 0.25) is 0 Å². The third-order valence-corrected chi connectivity index (χ3v) is 2.74. The van der Waals surface area contributed by atoms with E-state index in [4.69, 9.17) is 5.73 Å². The van der Waals surface area contributed by atoms with Gasteiger partial charge in [-0.3, -0.25) is 0 Å². The van der Waals surface area contributed by atoms with Crippen molar-refractivity contribution in [3.63, 3.8) is 0 Å². The second-order valence-corrected chi connectivity index (χ2v) is 4.05. The van der Waals surface area contributed by atoms with E-state index in [1.165, 1.54) is 6.20 Å². The number of thiazole rings is 1. The monoisotopic (exact) mass is 236 g/mol. The zero-order chi connectivity index (χ0) is 11.5. The number of nitrogens with one attached hydrogen (secondary N) is 1. The van der Waals surface area contributed by atoms with Crippen molar-refractivity contribution in [2.45, 2.75) is 0 Å². The Morgan fingerprint density at radius 2 is 2.31 bits per heavy atom. The minimum atomic E-state index is -0.505. The van der Waals surface area contributed by atoms with Gasteiger partial charge in [-0.2, -0.15) is 0 Å². The Kier molecular flexibility index (Phi) is 2.69. The Bertz CT molecular complexity index is 543. The Balaban J connectivity index is 2.14. The number of nitro groups is 1. The Hall–Kier alpha value is -2.15. The average molecular weight is 236 g/mol. The summed E-state index contributed by atoms with van der Waals surface area (Å²) in [5, 5.41) is 10.3. The molecule has 0 spiro atoms. The van der Waals surface area contributed by atoms with Crippen molar-refractivity contribution < 1.29 is 4.92 Å². The van der Waals surface area contributed by atoms with Gasteiger partial charge in [0.1, 0.15) is 5.82 Å². The second kappa shape index (κ2) is 4.15. The number of nitrogen functional groups attached to an aromatic ring is 1. The first-order chi connectivity index (χ1) is 7.65. The number of H-pyrrole nitrogens is 1. The third kappa shape index (κ3) is 2.26. The lowest BCUT2D eigenvalue weighted by Gasteiger charge is -1.85. The molecule has 2 rings (SSSR count). The summed E-state index contributed by atoms with van der Waals surface area (Å²) in [6, 6.07) is 3.57. The molecule has 0 saturated heterocycles. The van der Waals surface area contributed by atoms with Crippen molar-refractivity contribution in [1.29, 1.82) is 0 Å². The van der Waals surface area contributed by atoms with E-state index in [1.807, 2.05) is 6.07 Å². The van der Waals surface area contributed by atoms with E-state index in [9.17, 15) is 10.1 Å². The van der Waals surface area contributed by atoms with E-state index in [0.29, 0.717) is 5.82 Å². The van der Waals surface area contributed by atoms with Crippen LogP contribution in [0.4, 0.5) is 10.9 Å². The number of hydrogen-bond donors (Lipinski definition) is 2. The maximum Gasteiger partial charge on any atom is 0.423 e. The first-order valence-electron chi connectivity index (χ1n) is 4.38. The largest absolute Gasteiger partial charge is 0.423 e. The van der Waals surface area contributed by atoms with Gasteiger partial charge >= 0.3 is 5.13 Å². The Labute approximate surface area is 94.6 Å². The van der Waals surface area contributed by atoms with Gasteiger partial charge in [-0.05, 0) is 45.5 Å². The molecule has 2 heterocycles. The van der Waals surface area contributed by atoms with Gasteiger partial charge in [0, 0.05) is 5.69 Å². The van der Waals surface area contributed by atoms with Crippen molar-refractivity contribution in [1.82, 2.24) is 9.97 Å². The maximum atomic E-state index is 10.4. The molecule has 2 aromatic rings. The molecule has 0 aliphatic carbocycles. The van der Waals surface area contributed by atoms with Crippen LogP contribution in [0.1, 0.15) is 10.6 Å². The maximum absolute atomic E-state index is 10.4. The van der Waals surface area contributed by atoms with Gasteiger partial charge in [0.15, 0.2) is 6.20 Å². The summed E-state index contributed by atoms with van der Waals surface area (Å²) < 4.78 is 0. The molecule has 0 aromatic carbocycles. The van der Waals surface area contributed by atoms with Gasteiger partial charge in [0.25, 0.3) is 0 Å². The lowest BCUT2D eigenvalue weighted by atomic mass is 10.3. The van der Waals surface area contributed by atoms with Crippen LogP contribution in [0, 0.1) is 10.1 Å². The third-order valence-electron chi connectivity index (χ3n) is 1.83. The summed E-state index contributed by atoms with van der Waals surface area (Å²) in [7, 11) is 0. The molecule has 82 valence electrons. The molecule has 0 aliphatic heterocycles.